The highest BCUT2D eigenvalue weighted by Gasteiger charge is 2.05. The van der Waals surface area contributed by atoms with E-state index in [0.29, 0.717) is 27.0 Å². The summed E-state index contributed by atoms with van der Waals surface area (Å²) in [5.74, 6) is -0.271. The van der Waals surface area contributed by atoms with Crippen molar-refractivity contribution in [3.63, 3.8) is 0 Å². The zero-order valence-corrected chi connectivity index (χ0v) is 12.6. The van der Waals surface area contributed by atoms with Gasteiger partial charge in [-0.15, -0.1) is 0 Å². The summed E-state index contributed by atoms with van der Waals surface area (Å²) in [4.78, 5) is 0. The van der Waals surface area contributed by atoms with Crippen LogP contribution in [-0.4, -0.2) is 5.71 Å². The summed E-state index contributed by atoms with van der Waals surface area (Å²) in [6.07, 6.45) is 0. The monoisotopic (exact) mass is 310 g/mol. The van der Waals surface area contributed by atoms with Crippen molar-refractivity contribution in [1.82, 2.24) is 0 Å². The second-order valence-corrected chi connectivity index (χ2v) is 5.24. The molecule has 0 atom stereocenters. The number of nitrogens with one attached hydrogen (secondary N) is 1. The molecule has 104 valence electrons. The minimum Gasteiger partial charge on any atom is -0.278 e. The minimum atomic E-state index is -0.271. The van der Waals surface area contributed by atoms with Crippen LogP contribution in [0.2, 0.25) is 10.0 Å². The van der Waals surface area contributed by atoms with Crippen molar-refractivity contribution in [2.75, 3.05) is 5.43 Å². The second kappa shape index (κ2) is 6.25. The number of anilines is 1. The van der Waals surface area contributed by atoms with Gasteiger partial charge < -0.3 is 0 Å². The summed E-state index contributed by atoms with van der Waals surface area (Å²) >= 11 is 11.9. The fourth-order valence-electron chi connectivity index (χ4n) is 1.65. The molecule has 0 aliphatic heterocycles. The summed E-state index contributed by atoms with van der Waals surface area (Å²) in [6.45, 7) is 3.52. The fourth-order valence-corrected chi connectivity index (χ4v) is 2.20. The summed E-state index contributed by atoms with van der Waals surface area (Å²) in [7, 11) is 0. The van der Waals surface area contributed by atoms with Crippen molar-refractivity contribution in [2.24, 2.45) is 5.10 Å². The summed E-state index contributed by atoms with van der Waals surface area (Å²) in [6, 6.07) is 10.0. The van der Waals surface area contributed by atoms with E-state index in [2.05, 4.69) is 10.5 Å². The van der Waals surface area contributed by atoms with E-state index in [9.17, 15) is 4.39 Å². The Labute approximate surface area is 127 Å². The van der Waals surface area contributed by atoms with Crippen LogP contribution < -0.4 is 5.43 Å². The van der Waals surface area contributed by atoms with E-state index in [1.165, 1.54) is 6.07 Å². The Kier molecular flexibility index (Phi) is 4.63. The highest BCUT2D eigenvalue weighted by molar-refractivity contribution is 6.37. The number of nitrogens with zero attached hydrogens (tertiary/aromatic N) is 1. The second-order valence-electron chi connectivity index (χ2n) is 4.40. The smallest absolute Gasteiger partial charge is 0.128 e. The van der Waals surface area contributed by atoms with E-state index in [1.54, 1.807) is 37.3 Å². The van der Waals surface area contributed by atoms with E-state index in [1.807, 2.05) is 6.92 Å². The molecule has 0 heterocycles. The molecule has 0 bridgehead atoms. The van der Waals surface area contributed by atoms with Gasteiger partial charge in [0.1, 0.15) is 5.82 Å². The first-order valence-corrected chi connectivity index (χ1v) is 6.75. The van der Waals surface area contributed by atoms with Crippen molar-refractivity contribution in [3.8, 4) is 0 Å². The quantitative estimate of drug-likeness (QED) is 0.605. The van der Waals surface area contributed by atoms with Crippen molar-refractivity contribution in [1.29, 1.82) is 0 Å². The van der Waals surface area contributed by atoms with Gasteiger partial charge in [0.15, 0.2) is 0 Å². The number of halogens is 3. The predicted molar refractivity (Wildman–Crippen MR) is 83.4 cm³/mol. The van der Waals surface area contributed by atoms with Crippen LogP contribution in [0.3, 0.4) is 0 Å². The number of rotatable bonds is 3. The topological polar surface area (TPSA) is 24.4 Å². The van der Waals surface area contributed by atoms with E-state index in [-0.39, 0.29) is 5.82 Å². The van der Waals surface area contributed by atoms with Crippen LogP contribution in [-0.2, 0) is 0 Å². The van der Waals surface area contributed by atoms with Crippen LogP contribution in [0, 0.1) is 12.7 Å². The Morgan fingerprint density at radius 2 is 1.90 bits per heavy atom. The van der Waals surface area contributed by atoms with Gasteiger partial charge in [-0.1, -0.05) is 35.3 Å². The van der Waals surface area contributed by atoms with Gasteiger partial charge in [0, 0.05) is 10.6 Å². The maximum Gasteiger partial charge on any atom is 0.128 e. The van der Waals surface area contributed by atoms with E-state index in [4.69, 9.17) is 23.2 Å². The lowest BCUT2D eigenvalue weighted by Crippen LogP contribution is -2.01. The van der Waals surface area contributed by atoms with Crippen molar-refractivity contribution < 1.29 is 4.39 Å². The molecule has 2 nitrogen and oxygen atoms in total. The maximum atomic E-state index is 13.4. The van der Waals surface area contributed by atoms with Crippen molar-refractivity contribution >= 4 is 34.6 Å². The normalized spacial score (nSPS) is 11.6. The van der Waals surface area contributed by atoms with E-state index < -0.39 is 0 Å². The van der Waals surface area contributed by atoms with Crippen LogP contribution in [0.4, 0.5) is 10.1 Å². The molecule has 0 saturated heterocycles. The zero-order chi connectivity index (χ0) is 14.7. The highest BCUT2D eigenvalue weighted by Crippen LogP contribution is 2.22. The molecule has 20 heavy (non-hydrogen) atoms. The third kappa shape index (κ3) is 3.50. The molecule has 2 aromatic carbocycles. The largest absolute Gasteiger partial charge is 0.278 e. The van der Waals surface area contributed by atoms with Gasteiger partial charge in [0.25, 0.3) is 0 Å². The standard InChI is InChI=1S/C15H13Cl2FN2/c1-9-3-5-12(8-15(9)18)20-19-10(2)13-6-4-11(16)7-14(13)17/h3-8,20H,1-2H3. The molecule has 0 saturated carbocycles. The summed E-state index contributed by atoms with van der Waals surface area (Å²) in [5, 5.41) is 5.29. The predicted octanol–water partition coefficient (Wildman–Crippen LogP) is 5.28. The summed E-state index contributed by atoms with van der Waals surface area (Å²) < 4.78 is 13.4. The lowest BCUT2D eigenvalue weighted by atomic mass is 10.1. The van der Waals surface area contributed by atoms with Crippen LogP contribution in [0.25, 0.3) is 0 Å². The average Bonchev–Trinajstić information content (AvgIpc) is 2.40. The van der Waals surface area contributed by atoms with Gasteiger partial charge in [-0.3, -0.25) is 5.43 Å². The summed E-state index contributed by atoms with van der Waals surface area (Å²) in [5.41, 5.74) is 5.45. The third-order valence-corrected chi connectivity index (χ3v) is 3.39. The molecular formula is C15H13Cl2FN2. The first kappa shape index (κ1) is 14.8. The molecule has 0 spiro atoms. The van der Waals surface area contributed by atoms with E-state index >= 15 is 0 Å². The molecule has 2 rings (SSSR count). The zero-order valence-electron chi connectivity index (χ0n) is 11.0. The van der Waals surface area contributed by atoms with Crippen molar-refractivity contribution in [3.05, 3.63) is 63.4 Å². The number of benzene rings is 2. The Bertz CT molecular complexity index is 669. The molecule has 0 aliphatic rings. The molecule has 2 aromatic rings. The minimum absolute atomic E-state index is 0.271. The van der Waals surface area contributed by atoms with Crippen LogP contribution in [0.5, 0.6) is 0 Å². The van der Waals surface area contributed by atoms with Gasteiger partial charge >= 0.3 is 0 Å². The SMILES string of the molecule is CC(=NNc1ccc(C)c(F)c1)c1ccc(Cl)cc1Cl. The van der Waals surface area contributed by atoms with Gasteiger partial charge in [0.05, 0.1) is 16.4 Å². The number of hydrogen-bond donors (Lipinski definition) is 1. The molecule has 0 aliphatic carbocycles. The molecule has 5 heteroatoms. The Hall–Kier alpha value is -1.58. The van der Waals surface area contributed by atoms with Crippen LogP contribution in [0.1, 0.15) is 18.1 Å². The molecule has 0 radical (unpaired) electrons. The fraction of sp³-hybridized carbons (Fsp3) is 0.133. The number of aryl methyl sites for hydroxylation is 1. The number of hydrazone groups is 1. The van der Waals surface area contributed by atoms with E-state index in [0.717, 1.165) is 5.56 Å². The Balaban J connectivity index is 2.20. The highest BCUT2D eigenvalue weighted by atomic mass is 35.5. The molecule has 0 amide bonds. The first-order chi connectivity index (χ1) is 9.47. The molecule has 1 N–H and O–H groups in total. The Morgan fingerprint density at radius 1 is 1.15 bits per heavy atom. The first-order valence-electron chi connectivity index (χ1n) is 5.99. The number of hydrogen-bond acceptors (Lipinski definition) is 2. The molecule has 0 unspecified atom stereocenters. The van der Waals surface area contributed by atoms with Gasteiger partial charge in [-0.25, -0.2) is 4.39 Å². The average molecular weight is 311 g/mol. The van der Waals surface area contributed by atoms with Gasteiger partial charge in [-0.05, 0) is 43.7 Å². The van der Waals surface area contributed by atoms with Crippen molar-refractivity contribution in [2.45, 2.75) is 13.8 Å². The lowest BCUT2D eigenvalue weighted by molar-refractivity contribution is 0.619. The lowest BCUT2D eigenvalue weighted by Gasteiger charge is -2.06. The molecular weight excluding hydrogens is 298 g/mol. The maximum absolute atomic E-state index is 13.4. The van der Waals surface area contributed by atoms with Gasteiger partial charge in [0.2, 0.25) is 0 Å². The van der Waals surface area contributed by atoms with Gasteiger partial charge in [-0.2, -0.15) is 5.10 Å². The van der Waals surface area contributed by atoms with Crippen LogP contribution in [0.15, 0.2) is 41.5 Å². The van der Waals surface area contributed by atoms with Crippen LogP contribution >= 0.6 is 23.2 Å². The third-order valence-electron chi connectivity index (χ3n) is 2.85. The Morgan fingerprint density at radius 3 is 2.55 bits per heavy atom. The molecule has 0 aromatic heterocycles. The molecule has 0 fully saturated rings.